The summed E-state index contributed by atoms with van der Waals surface area (Å²) in [5, 5.41) is 7.99. The molecular weight excluding hydrogens is 248 g/mol. The van der Waals surface area contributed by atoms with Crippen LogP contribution in [0.15, 0.2) is 0 Å². The van der Waals surface area contributed by atoms with Gasteiger partial charge in [0.05, 0.1) is 0 Å². The molecule has 2 nitrogen and oxygen atoms in total. The molecule has 3 heteroatoms. The van der Waals surface area contributed by atoms with Crippen LogP contribution in [0, 0.1) is 6.92 Å². The van der Waals surface area contributed by atoms with E-state index in [9.17, 15) is 0 Å². The zero-order chi connectivity index (χ0) is 4.28. The topological polar surface area (TPSA) is 48.3 Å². The molecule has 0 aliphatic carbocycles. The minimum absolute atomic E-state index is 0. The second-order valence-corrected chi connectivity index (χ2v) is 0.741. The van der Waals surface area contributed by atoms with Gasteiger partial charge in [0.1, 0.15) is 0 Å². The summed E-state index contributed by atoms with van der Waals surface area (Å²) in [5.41, 5.74) is 4.70. The quantitative estimate of drug-likeness (QED) is 0.403. The molecule has 0 spiro atoms. The number of hydrogen-bond donors (Lipinski definition) is 1. The van der Waals surface area contributed by atoms with Crippen molar-refractivity contribution in [3.05, 3.63) is 12.3 Å². The largest absolute Gasteiger partial charge is 2.00 e. The minimum atomic E-state index is -0.106. The van der Waals surface area contributed by atoms with E-state index in [1.807, 2.05) is 0 Å². The summed E-state index contributed by atoms with van der Waals surface area (Å²) >= 11 is 0. The van der Waals surface area contributed by atoms with Crippen molar-refractivity contribution < 1.29 is 21.1 Å². The molecule has 0 amide bonds. The molecule has 0 aromatic rings. The van der Waals surface area contributed by atoms with E-state index in [1.165, 1.54) is 0 Å². The fraction of sp³-hybridized carbons (Fsp3) is 0.333. The van der Waals surface area contributed by atoms with Crippen LogP contribution in [0.5, 0.6) is 0 Å². The zero-order valence-corrected chi connectivity index (χ0v) is 6.28. The predicted octanol–water partition coefficient (Wildman–Crippen LogP) is 0.135. The van der Waals surface area contributed by atoms with Gasteiger partial charge in [-0.2, -0.15) is 6.42 Å². The Morgan fingerprint density at radius 2 is 2.00 bits per heavy atom. The molecule has 0 bridgehead atoms. The summed E-state index contributed by atoms with van der Waals surface area (Å²) < 4.78 is 0. The fourth-order valence-corrected chi connectivity index (χ4v) is 0. The smallest absolute Gasteiger partial charge is 0.500 e. The Labute approximate surface area is 51.9 Å². The Bertz CT molecular complexity index is 44.1. The molecule has 0 aliphatic heterocycles. The number of nitrogens with zero attached hydrogens (tertiary/aromatic N) is 1. The van der Waals surface area contributed by atoms with Gasteiger partial charge in [0.15, 0.2) is 0 Å². The van der Waals surface area contributed by atoms with Gasteiger partial charge >= 0.3 is 21.1 Å². The van der Waals surface area contributed by atoms with Crippen LogP contribution in [-0.4, -0.2) is 5.84 Å². The van der Waals surface area contributed by atoms with Crippen molar-refractivity contribution in [1.82, 2.24) is 0 Å². The number of amidine groups is 1. The van der Waals surface area contributed by atoms with E-state index in [4.69, 9.17) is 11.1 Å². The van der Waals surface area contributed by atoms with Crippen molar-refractivity contribution in [2.75, 3.05) is 0 Å². The van der Waals surface area contributed by atoms with Crippen molar-refractivity contribution in [3.63, 3.8) is 0 Å². The maximum atomic E-state index is 7.99. The molecule has 0 heterocycles. The van der Waals surface area contributed by atoms with Crippen LogP contribution in [0.1, 0.15) is 6.42 Å². The Balaban J connectivity index is 0. The first-order chi connectivity index (χ1) is 2.27. The summed E-state index contributed by atoms with van der Waals surface area (Å²) in [7, 11) is 0. The number of rotatable bonds is 1. The summed E-state index contributed by atoms with van der Waals surface area (Å²) in [4.78, 5) is 0. The molecule has 0 rings (SSSR count). The van der Waals surface area contributed by atoms with Gasteiger partial charge in [0, 0.05) is 0 Å². The predicted molar refractivity (Wildman–Crippen MR) is 22.5 cm³/mol. The molecule has 0 radical (unpaired) electrons. The van der Waals surface area contributed by atoms with Crippen LogP contribution in [0.4, 0.5) is 0 Å². The molecule has 0 aromatic carbocycles. The van der Waals surface area contributed by atoms with E-state index < -0.39 is 0 Å². The van der Waals surface area contributed by atoms with Gasteiger partial charge in [0.25, 0.3) is 0 Å². The van der Waals surface area contributed by atoms with Crippen LogP contribution < -0.4 is 5.73 Å². The molecule has 0 fully saturated rings. The van der Waals surface area contributed by atoms with E-state index in [-0.39, 0.29) is 26.9 Å². The third-order valence-corrected chi connectivity index (χ3v) is 0.256. The van der Waals surface area contributed by atoms with E-state index in [2.05, 4.69) is 6.92 Å². The van der Waals surface area contributed by atoms with Crippen LogP contribution in [-0.2, 0) is 21.1 Å². The summed E-state index contributed by atoms with van der Waals surface area (Å²) in [6.07, 6.45) is 0.306. The van der Waals surface area contributed by atoms with Gasteiger partial charge in [-0.15, -0.1) is 5.84 Å². The molecule has 2 N–H and O–H groups in total. The van der Waals surface area contributed by atoms with Gasteiger partial charge in [-0.1, -0.05) is 0 Å². The van der Waals surface area contributed by atoms with Crippen molar-refractivity contribution >= 4 is 5.84 Å². The molecular formula is C3H6N2W. The van der Waals surface area contributed by atoms with Crippen LogP contribution in [0.2, 0.25) is 0 Å². The molecule has 0 aromatic heterocycles. The van der Waals surface area contributed by atoms with Gasteiger partial charge < -0.3 is 18.1 Å². The first kappa shape index (κ1) is 9.48. The second-order valence-electron chi connectivity index (χ2n) is 0.741. The van der Waals surface area contributed by atoms with E-state index >= 15 is 0 Å². The Morgan fingerprint density at radius 3 is 2.00 bits per heavy atom. The SMILES string of the molecule is [CH2-]CC(=[N-])N.[W+2]. The zero-order valence-electron chi connectivity index (χ0n) is 3.35. The first-order valence-corrected chi connectivity index (χ1v) is 1.37. The third-order valence-electron chi connectivity index (χ3n) is 0.256. The number of hydrogen-bond acceptors (Lipinski definition) is 0. The Hall–Kier alpha value is 0.158. The van der Waals surface area contributed by atoms with E-state index in [1.54, 1.807) is 0 Å². The van der Waals surface area contributed by atoms with Crippen LogP contribution in [0.25, 0.3) is 5.41 Å². The van der Waals surface area contributed by atoms with Crippen LogP contribution >= 0.6 is 0 Å². The molecule has 0 saturated carbocycles. The van der Waals surface area contributed by atoms with E-state index in [0.29, 0.717) is 6.42 Å². The van der Waals surface area contributed by atoms with Gasteiger partial charge in [-0.3, -0.25) is 0 Å². The van der Waals surface area contributed by atoms with Gasteiger partial charge in [0.2, 0.25) is 0 Å². The van der Waals surface area contributed by atoms with Gasteiger partial charge in [-0.05, 0) is 0 Å². The van der Waals surface area contributed by atoms with Crippen molar-refractivity contribution in [2.45, 2.75) is 6.42 Å². The monoisotopic (exact) mass is 254 g/mol. The second kappa shape index (κ2) is 5.16. The van der Waals surface area contributed by atoms with Crippen molar-refractivity contribution in [3.8, 4) is 0 Å². The summed E-state index contributed by atoms with van der Waals surface area (Å²) in [6, 6.07) is 0. The fourth-order valence-electron chi connectivity index (χ4n) is 0. The first-order valence-electron chi connectivity index (χ1n) is 1.37. The Kier molecular flexibility index (Phi) is 8.15. The average Bonchev–Trinajstić information content (AvgIpc) is 1.38. The number of nitrogens with two attached hydrogens (primary N) is 1. The molecule has 34 valence electrons. The summed E-state index contributed by atoms with van der Waals surface area (Å²) in [6.45, 7) is 3.27. The molecule has 0 atom stereocenters. The average molecular weight is 254 g/mol. The van der Waals surface area contributed by atoms with Crippen molar-refractivity contribution in [1.29, 1.82) is 0 Å². The van der Waals surface area contributed by atoms with Gasteiger partial charge in [-0.25, -0.2) is 0 Å². The van der Waals surface area contributed by atoms with Crippen LogP contribution in [0.3, 0.4) is 0 Å². The molecule has 0 aliphatic rings. The normalized spacial score (nSPS) is 6.17. The maximum absolute atomic E-state index is 7.99. The maximum Gasteiger partial charge on any atom is 2.00 e. The minimum Gasteiger partial charge on any atom is -0.500 e. The third kappa shape index (κ3) is 8.90. The molecule has 0 saturated heterocycles. The molecule has 6 heavy (non-hydrogen) atoms. The van der Waals surface area contributed by atoms with Crippen molar-refractivity contribution in [2.24, 2.45) is 5.73 Å². The molecule has 0 unspecified atom stereocenters. The summed E-state index contributed by atoms with van der Waals surface area (Å²) in [5.74, 6) is -0.106. The standard InChI is InChI=1S/C3H6N2.W/c1-2-3(4)5;/h1-2H2,(H2-,4,5);/q-2;+2. The Morgan fingerprint density at radius 1 is 1.83 bits per heavy atom. The van der Waals surface area contributed by atoms with E-state index in [0.717, 1.165) is 0 Å².